The highest BCUT2D eigenvalue weighted by molar-refractivity contribution is 8.01. The summed E-state index contributed by atoms with van der Waals surface area (Å²) in [5, 5.41) is 20.8. The zero-order chi connectivity index (χ0) is 19.2. The number of carbonyl (C=O) groups excluding carboxylic acids is 2. The zero-order valence-corrected chi connectivity index (χ0v) is 14.9. The van der Waals surface area contributed by atoms with Crippen LogP contribution in [0.15, 0.2) is 30.3 Å². The number of nitrogens with zero attached hydrogens (tertiary/aromatic N) is 1. The van der Waals surface area contributed by atoms with E-state index in [1.54, 1.807) is 32.0 Å². The predicted octanol–water partition coefficient (Wildman–Crippen LogP) is 0.486. The summed E-state index contributed by atoms with van der Waals surface area (Å²) in [5.74, 6) is -5.16. The SMILES string of the molecule is CC1(C)S[C@@H]2[C@H](NC(=O)[C@@H](C(=O)O)c3ccccc3)C(=O)N2[C@@H]1C(=O)O. The molecule has 3 N–H and O–H groups in total. The monoisotopic (exact) mass is 378 g/mol. The van der Waals surface area contributed by atoms with E-state index < -0.39 is 51.9 Å². The van der Waals surface area contributed by atoms with Crippen molar-refractivity contribution in [2.75, 3.05) is 0 Å². The summed E-state index contributed by atoms with van der Waals surface area (Å²) < 4.78 is -0.711. The maximum atomic E-state index is 12.5. The summed E-state index contributed by atoms with van der Waals surface area (Å²) in [6, 6.07) is 6.10. The van der Waals surface area contributed by atoms with Crippen molar-refractivity contribution < 1.29 is 29.4 Å². The van der Waals surface area contributed by atoms with Gasteiger partial charge < -0.3 is 20.4 Å². The summed E-state index contributed by atoms with van der Waals surface area (Å²) >= 11 is 1.29. The minimum Gasteiger partial charge on any atom is -0.480 e. The number of nitrogens with one attached hydrogen (secondary N) is 1. The van der Waals surface area contributed by atoms with Crippen LogP contribution < -0.4 is 5.32 Å². The van der Waals surface area contributed by atoms with E-state index in [4.69, 9.17) is 0 Å². The van der Waals surface area contributed by atoms with Gasteiger partial charge in [0.05, 0.1) is 0 Å². The molecule has 26 heavy (non-hydrogen) atoms. The number of carboxylic acid groups (broad SMARTS) is 2. The maximum absolute atomic E-state index is 12.5. The Morgan fingerprint density at radius 1 is 1.19 bits per heavy atom. The maximum Gasteiger partial charge on any atom is 0.327 e. The number of benzene rings is 1. The first-order valence-electron chi connectivity index (χ1n) is 7.96. The van der Waals surface area contributed by atoms with Gasteiger partial charge in [0, 0.05) is 4.75 Å². The molecule has 3 rings (SSSR count). The molecule has 0 aromatic heterocycles. The molecule has 2 saturated heterocycles. The fourth-order valence-electron chi connectivity index (χ4n) is 3.43. The molecule has 0 radical (unpaired) electrons. The number of hydrogen-bond acceptors (Lipinski definition) is 5. The summed E-state index contributed by atoms with van der Waals surface area (Å²) in [6.07, 6.45) is 0. The number of aliphatic carboxylic acids is 2. The third-order valence-corrected chi connectivity index (χ3v) is 6.19. The van der Waals surface area contributed by atoms with Gasteiger partial charge in [-0.1, -0.05) is 30.3 Å². The van der Waals surface area contributed by atoms with Gasteiger partial charge in [-0.25, -0.2) is 4.79 Å². The quantitative estimate of drug-likeness (QED) is 0.503. The van der Waals surface area contributed by atoms with Crippen molar-refractivity contribution in [2.24, 2.45) is 0 Å². The largest absolute Gasteiger partial charge is 0.480 e. The molecule has 0 unspecified atom stereocenters. The van der Waals surface area contributed by atoms with Crippen molar-refractivity contribution in [3.63, 3.8) is 0 Å². The van der Waals surface area contributed by atoms with Crippen LogP contribution in [0.5, 0.6) is 0 Å². The average molecular weight is 378 g/mol. The fraction of sp³-hybridized carbons (Fsp3) is 0.412. The summed E-state index contributed by atoms with van der Waals surface area (Å²) in [7, 11) is 0. The zero-order valence-electron chi connectivity index (χ0n) is 14.1. The van der Waals surface area contributed by atoms with Crippen molar-refractivity contribution in [1.29, 1.82) is 0 Å². The number of fused-ring (bicyclic) bond motifs is 1. The number of amides is 2. The molecule has 2 heterocycles. The van der Waals surface area contributed by atoms with Gasteiger partial charge in [0.25, 0.3) is 0 Å². The topological polar surface area (TPSA) is 124 Å². The first-order chi connectivity index (χ1) is 12.1. The van der Waals surface area contributed by atoms with Crippen LogP contribution in [0.25, 0.3) is 0 Å². The second kappa shape index (κ2) is 6.31. The van der Waals surface area contributed by atoms with Crippen LogP contribution in [0.3, 0.4) is 0 Å². The van der Waals surface area contributed by atoms with Crippen molar-refractivity contribution in [3.8, 4) is 0 Å². The standard InChI is InChI=1S/C17H18N2O6S/c1-17(2)11(16(24)25)19-13(21)10(14(19)26-17)18-12(20)9(15(22)23)8-6-4-3-5-7-8/h3-7,9-11,14H,1-2H3,(H,18,20)(H,22,23)(H,24,25)/t9-,10+,11+,14+/m0/s1. The van der Waals surface area contributed by atoms with Crippen molar-refractivity contribution >= 4 is 35.5 Å². The van der Waals surface area contributed by atoms with Crippen LogP contribution in [0, 0.1) is 0 Å². The van der Waals surface area contributed by atoms with Gasteiger partial charge in [0.2, 0.25) is 11.8 Å². The molecule has 0 saturated carbocycles. The lowest BCUT2D eigenvalue weighted by Crippen LogP contribution is -2.71. The first kappa shape index (κ1) is 18.2. The van der Waals surface area contributed by atoms with E-state index >= 15 is 0 Å². The molecule has 0 bridgehead atoms. The van der Waals surface area contributed by atoms with E-state index in [2.05, 4.69) is 5.32 Å². The molecule has 2 aliphatic heterocycles. The van der Waals surface area contributed by atoms with Gasteiger partial charge in [0.15, 0.2) is 5.92 Å². The lowest BCUT2D eigenvalue weighted by molar-refractivity contribution is -0.161. The number of rotatable bonds is 5. The number of β-lactam (4-membered cyclic amide) rings is 1. The highest BCUT2D eigenvalue weighted by atomic mass is 32.2. The second-order valence-electron chi connectivity index (χ2n) is 6.77. The van der Waals surface area contributed by atoms with Crippen LogP contribution >= 0.6 is 11.8 Å². The highest BCUT2D eigenvalue weighted by Crippen LogP contribution is 2.50. The van der Waals surface area contributed by atoms with Gasteiger partial charge in [-0.3, -0.25) is 14.4 Å². The average Bonchev–Trinajstić information content (AvgIpc) is 2.82. The molecule has 4 atom stereocenters. The predicted molar refractivity (Wildman–Crippen MR) is 92.5 cm³/mol. The number of carboxylic acids is 2. The van der Waals surface area contributed by atoms with Crippen molar-refractivity contribution in [1.82, 2.24) is 10.2 Å². The molecule has 0 aliphatic carbocycles. The Morgan fingerprint density at radius 2 is 1.81 bits per heavy atom. The van der Waals surface area contributed by atoms with Gasteiger partial charge in [-0.2, -0.15) is 0 Å². The van der Waals surface area contributed by atoms with Gasteiger partial charge in [-0.15, -0.1) is 11.8 Å². The van der Waals surface area contributed by atoms with Crippen LogP contribution in [-0.2, 0) is 19.2 Å². The van der Waals surface area contributed by atoms with Crippen LogP contribution in [0.1, 0.15) is 25.3 Å². The van der Waals surface area contributed by atoms with Crippen LogP contribution in [0.2, 0.25) is 0 Å². The van der Waals surface area contributed by atoms with E-state index in [0.717, 1.165) is 0 Å². The van der Waals surface area contributed by atoms with E-state index in [1.807, 2.05) is 0 Å². The number of carbonyl (C=O) groups is 4. The molecular formula is C17H18N2O6S. The molecular weight excluding hydrogens is 360 g/mol. The highest BCUT2D eigenvalue weighted by Gasteiger charge is 2.64. The molecule has 138 valence electrons. The third kappa shape index (κ3) is 2.82. The smallest absolute Gasteiger partial charge is 0.327 e. The number of thioether (sulfide) groups is 1. The number of hydrogen-bond donors (Lipinski definition) is 3. The van der Waals surface area contributed by atoms with E-state index in [-0.39, 0.29) is 0 Å². The molecule has 1 aromatic rings. The fourth-order valence-corrected chi connectivity index (χ4v) is 5.06. The first-order valence-corrected chi connectivity index (χ1v) is 8.84. The van der Waals surface area contributed by atoms with E-state index in [0.29, 0.717) is 5.56 Å². The molecule has 8 nitrogen and oxygen atoms in total. The minimum absolute atomic E-state index is 0.309. The second-order valence-corrected chi connectivity index (χ2v) is 8.54. The Morgan fingerprint density at radius 3 is 2.35 bits per heavy atom. The normalized spacial score (nSPS) is 27.2. The molecule has 9 heteroatoms. The molecule has 0 spiro atoms. The van der Waals surface area contributed by atoms with Crippen molar-refractivity contribution in [3.05, 3.63) is 35.9 Å². The minimum atomic E-state index is -1.44. The third-order valence-electron chi connectivity index (χ3n) is 4.61. The summed E-state index contributed by atoms with van der Waals surface area (Å²) in [5.41, 5.74) is 0.309. The molecule has 2 aliphatic rings. The molecule has 2 amide bonds. The van der Waals surface area contributed by atoms with Crippen LogP contribution in [0.4, 0.5) is 0 Å². The summed E-state index contributed by atoms with van der Waals surface area (Å²) in [4.78, 5) is 49.2. The Kier molecular flexibility index (Phi) is 4.43. The van der Waals surface area contributed by atoms with E-state index in [1.165, 1.54) is 28.8 Å². The van der Waals surface area contributed by atoms with Gasteiger partial charge >= 0.3 is 11.9 Å². The Hall–Kier alpha value is -2.55. The Labute approximate surface area is 153 Å². The van der Waals surface area contributed by atoms with Crippen LogP contribution in [-0.4, -0.2) is 61.1 Å². The van der Waals surface area contributed by atoms with Crippen molar-refractivity contribution in [2.45, 2.75) is 42.0 Å². The molecule has 1 aromatic carbocycles. The molecule has 2 fully saturated rings. The van der Waals surface area contributed by atoms with Gasteiger partial charge in [-0.05, 0) is 19.4 Å². The Balaban J connectivity index is 1.78. The lowest BCUT2D eigenvalue weighted by atomic mass is 9.94. The lowest BCUT2D eigenvalue weighted by Gasteiger charge is -2.43. The van der Waals surface area contributed by atoms with Gasteiger partial charge in [0.1, 0.15) is 17.5 Å². The summed E-state index contributed by atoms with van der Waals surface area (Å²) in [6.45, 7) is 3.45. The Bertz CT molecular complexity index is 781. The van der Waals surface area contributed by atoms with E-state index in [9.17, 15) is 29.4 Å².